The number of nitrogens with zero attached hydrogens (tertiary/aromatic N) is 5. The van der Waals surface area contributed by atoms with Gasteiger partial charge in [0.15, 0.2) is 0 Å². The molecule has 1 aliphatic heterocycles. The van der Waals surface area contributed by atoms with E-state index in [4.69, 9.17) is 10.6 Å². The van der Waals surface area contributed by atoms with Gasteiger partial charge in [0.2, 0.25) is 11.9 Å². The van der Waals surface area contributed by atoms with Crippen molar-refractivity contribution in [2.45, 2.75) is 32.2 Å². The Bertz CT molecular complexity index is 454. The first-order valence-electron chi connectivity index (χ1n) is 7.41. The number of aromatic nitrogens is 3. The summed E-state index contributed by atoms with van der Waals surface area (Å²) < 4.78 is 5.52. The maximum Gasteiger partial charge on any atom is 0.323 e. The third kappa shape index (κ3) is 4.15. The van der Waals surface area contributed by atoms with E-state index in [0.29, 0.717) is 30.6 Å². The SMILES string of the molecule is CCCOc1nc(NN)nc(N2CCCC2CN(C)C)n1. The molecule has 2 rings (SSSR count). The number of rotatable bonds is 7. The van der Waals surface area contributed by atoms with Crippen LogP contribution in [0.5, 0.6) is 6.01 Å². The Morgan fingerprint density at radius 2 is 2.19 bits per heavy atom. The molecular formula is C13H25N7O. The summed E-state index contributed by atoms with van der Waals surface area (Å²) in [6.07, 6.45) is 3.18. The highest BCUT2D eigenvalue weighted by molar-refractivity contribution is 5.40. The predicted octanol–water partition coefficient (Wildman–Crippen LogP) is 0.476. The van der Waals surface area contributed by atoms with E-state index in [-0.39, 0.29) is 0 Å². The van der Waals surface area contributed by atoms with Gasteiger partial charge in [0, 0.05) is 19.1 Å². The van der Waals surface area contributed by atoms with Gasteiger partial charge in [0.1, 0.15) is 0 Å². The van der Waals surface area contributed by atoms with Crippen molar-refractivity contribution >= 4 is 11.9 Å². The van der Waals surface area contributed by atoms with Crippen LogP contribution in [0.3, 0.4) is 0 Å². The predicted molar refractivity (Wildman–Crippen MR) is 82.3 cm³/mol. The third-order valence-electron chi connectivity index (χ3n) is 3.38. The van der Waals surface area contributed by atoms with E-state index in [1.54, 1.807) is 0 Å². The fraction of sp³-hybridized carbons (Fsp3) is 0.769. The fourth-order valence-electron chi connectivity index (χ4n) is 2.51. The minimum atomic E-state index is 0.324. The molecule has 1 saturated heterocycles. The minimum absolute atomic E-state index is 0.324. The zero-order chi connectivity index (χ0) is 15.2. The summed E-state index contributed by atoms with van der Waals surface area (Å²) in [5, 5.41) is 0. The van der Waals surface area contributed by atoms with Crippen LogP contribution < -0.4 is 20.9 Å². The summed E-state index contributed by atoms with van der Waals surface area (Å²) in [7, 11) is 4.15. The van der Waals surface area contributed by atoms with Gasteiger partial charge in [-0.1, -0.05) is 6.92 Å². The van der Waals surface area contributed by atoms with E-state index in [1.807, 2.05) is 6.92 Å². The third-order valence-corrected chi connectivity index (χ3v) is 3.38. The molecule has 3 N–H and O–H groups in total. The second-order valence-corrected chi connectivity index (χ2v) is 5.49. The van der Waals surface area contributed by atoms with E-state index in [1.165, 1.54) is 0 Å². The maximum atomic E-state index is 5.52. The number of hydrogen-bond donors (Lipinski definition) is 2. The summed E-state index contributed by atoms with van der Waals surface area (Å²) in [4.78, 5) is 17.3. The molecule has 1 aromatic rings. The number of nitrogen functional groups attached to an aromatic ring is 1. The van der Waals surface area contributed by atoms with Crippen molar-refractivity contribution < 1.29 is 4.74 Å². The van der Waals surface area contributed by atoms with Gasteiger partial charge >= 0.3 is 6.01 Å². The fourth-order valence-corrected chi connectivity index (χ4v) is 2.51. The smallest absolute Gasteiger partial charge is 0.323 e. The zero-order valence-corrected chi connectivity index (χ0v) is 13.0. The summed E-state index contributed by atoms with van der Waals surface area (Å²) >= 11 is 0. The van der Waals surface area contributed by atoms with Crippen molar-refractivity contribution in [3.8, 4) is 6.01 Å². The summed E-state index contributed by atoms with van der Waals surface area (Å²) in [5.74, 6) is 6.41. The van der Waals surface area contributed by atoms with Gasteiger partial charge in [-0.15, -0.1) is 0 Å². The number of nitrogens with two attached hydrogens (primary N) is 1. The minimum Gasteiger partial charge on any atom is -0.463 e. The van der Waals surface area contributed by atoms with E-state index in [2.05, 4.69) is 44.3 Å². The molecule has 1 aliphatic rings. The topological polar surface area (TPSA) is 92.4 Å². The Labute approximate surface area is 125 Å². The highest BCUT2D eigenvalue weighted by atomic mass is 16.5. The van der Waals surface area contributed by atoms with Gasteiger partial charge in [-0.3, -0.25) is 5.43 Å². The highest BCUT2D eigenvalue weighted by Crippen LogP contribution is 2.24. The second kappa shape index (κ2) is 7.37. The van der Waals surface area contributed by atoms with Crippen LogP contribution in [0.4, 0.5) is 11.9 Å². The van der Waals surface area contributed by atoms with Crippen LogP contribution in [0.15, 0.2) is 0 Å². The molecule has 1 fully saturated rings. The number of ether oxygens (including phenoxy) is 1. The molecule has 21 heavy (non-hydrogen) atoms. The molecule has 1 unspecified atom stereocenters. The van der Waals surface area contributed by atoms with Gasteiger partial charge in [0.05, 0.1) is 6.61 Å². The lowest BCUT2D eigenvalue weighted by molar-refractivity contribution is 0.291. The Kier molecular flexibility index (Phi) is 5.51. The highest BCUT2D eigenvalue weighted by Gasteiger charge is 2.28. The first kappa shape index (κ1) is 15.7. The standard InChI is InChI=1S/C13H25N7O/c1-4-8-21-13-16-11(18-14)15-12(17-13)20-7-5-6-10(20)9-19(2)3/h10H,4-9,14H2,1-3H3,(H,15,16,17,18). The molecule has 0 aromatic carbocycles. The normalized spacial score (nSPS) is 18.3. The maximum absolute atomic E-state index is 5.52. The Morgan fingerprint density at radius 3 is 2.86 bits per heavy atom. The average Bonchev–Trinajstić information content (AvgIpc) is 2.92. The van der Waals surface area contributed by atoms with Crippen LogP contribution >= 0.6 is 0 Å². The molecule has 0 bridgehead atoms. The summed E-state index contributed by atoms with van der Waals surface area (Å²) in [5.41, 5.74) is 2.48. The van der Waals surface area contributed by atoms with Crippen LogP contribution in [0.2, 0.25) is 0 Å². The summed E-state index contributed by atoms with van der Waals surface area (Å²) in [6, 6.07) is 0.734. The van der Waals surface area contributed by atoms with E-state index >= 15 is 0 Å². The molecule has 0 radical (unpaired) electrons. The molecule has 0 amide bonds. The molecule has 8 heteroatoms. The van der Waals surface area contributed by atoms with Crippen molar-refractivity contribution in [1.29, 1.82) is 0 Å². The van der Waals surface area contributed by atoms with Crippen molar-refractivity contribution in [1.82, 2.24) is 19.9 Å². The van der Waals surface area contributed by atoms with Crippen LogP contribution in [0, 0.1) is 0 Å². The molecule has 1 aromatic heterocycles. The number of likely N-dealkylation sites (N-methyl/N-ethyl adjacent to an activating group) is 1. The molecule has 2 heterocycles. The number of anilines is 2. The van der Waals surface area contributed by atoms with Crippen LogP contribution in [-0.2, 0) is 0 Å². The Morgan fingerprint density at radius 1 is 1.38 bits per heavy atom. The van der Waals surface area contributed by atoms with Crippen molar-refractivity contribution in [2.24, 2.45) is 5.84 Å². The van der Waals surface area contributed by atoms with Gasteiger partial charge < -0.3 is 14.5 Å². The van der Waals surface area contributed by atoms with Gasteiger partial charge in [-0.2, -0.15) is 15.0 Å². The molecule has 0 saturated carbocycles. The van der Waals surface area contributed by atoms with Gasteiger partial charge in [-0.25, -0.2) is 5.84 Å². The summed E-state index contributed by atoms with van der Waals surface area (Å²) in [6.45, 7) is 4.54. The average molecular weight is 295 g/mol. The number of nitrogens with one attached hydrogen (secondary N) is 1. The molecule has 118 valence electrons. The molecule has 0 spiro atoms. The lowest BCUT2D eigenvalue weighted by atomic mass is 10.2. The molecule has 8 nitrogen and oxygen atoms in total. The Balaban J connectivity index is 2.20. The number of hydrogen-bond acceptors (Lipinski definition) is 8. The first-order chi connectivity index (χ1) is 10.1. The van der Waals surface area contributed by atoms with Gasteiger partial charge in [0.25, 0.3) is 0 Å². The van der Waals surface area contributed by atoms with Crippen molar-refractivity contribution in [2.75, 3.05) is 44.1 Å². The molecule has 0 aliphatic carbocycles. The lowest BCUT2D eigenvalue weighted by Crippen LogP contribution is -2.38. The molecule has 1 atom stereocenters. The van der Waals surface area contributed by atoms with Crippen LogP contribution in [0.25, 0.3) is 0 Å². The number of hydrazine groups is 1. The van der Waals surface area contributed by atoms with Crippen LogP contribution in [-0.4, -0.2) is 59.7 Å². The van der Waals surface area contributed by atoms with Gasteiger partial charge in [-0.05, 0) is 33.4 Å². The lowest BCUT2D eigenvalue weighted by Gasteiger charge is -2.27. The quantitative estimate of drug-likeness (QED) is 0.554. The van der Waals surface area contributed by atoms with Crippen LogP contribution in [0.1, 0.15) is 26.2 Å². The van der Waals surface area contributed by atoms with Crippen molar-refractivity contribution in [3.63, 3.8) is 0 Å². The monoisotopic (exact) mass is 295 g/mol. The van der Waals surface area contributed by atoms with E-state index in [0.717, 1.165) is 32.4 Å². The van der Waals surface area contributed by atoms with E-state index < -0.39 is 0 Å². The largest absolute Gasteiger partial charge is 0.463 e. The second-order valence-electron chi connectivity index (χ2n) is 5.49. The molecular weight excluding hydrogens is 270 g/mol. The Hall–Kier alpha value is -1.67. The zero-order valence-electron chi connectivity index (χ0n) is 13.0. The van der Waals surface area contributed by atoms with E-state index in [9.17, 15) is 0 Å². The van der Waals surface area contributed by atoms with Crippen molar-refractivity contribution in [3.05, 3.63) is 0 Å². The first-order valence-corrected chi connectivity index (χ1v) is 7.41.